The number of nitrogens with one attached hydrogen (secondary N) is 6. The second-order valence-electron chi connectivity index (χ2n) is 12.3. The van der Waals surface area contributed by atoms with Crippen molar-refractivity contribution in [1.29, 1.82) is 0 Å². The highest BCUT2D eigenvalue weighted by Gasteiger charge is 2.16. The molecule has 0 bridgehead atoms. The fourth-order valence-corrected chi connectivity index (χ4v) is 5.87. The Bertz CT molecular complexity index is 1260. The Morgan fingerprint density at radius 2 is 0.667 bits per heavy atom. The normalized spacial score (nSPS) is 10.5. The van der Waals surface area contributed by atoms with Gasteiger partial charge in [-0.3, -0.25) is 0 Å². The van der Waals surface area contributed by atoms with Gasteiger partial charge in [-0.25, -0.2) is 9.59 Å². The summed E-state index contributed by atoms with van der Waals surface area (Å²) in [6.07, 6.45) is 5.20. The average Bonchev–Trinajstić information content (AvgIpc) is 3.15. The summed E-state index contributed by atoms with van der Waals surface area (Å²) >= 11 is 0. The van der Waals surface area contributed by atoms with Crippen LogP contribution < -0.4 is 31.9 Å². The summed E-state index contributed by atoms with van der Waals surface area (Å²) in [5, 5.41) is 19.0. The topological polar surface area (TPSA) is 106 Å². The Morgan fingerprint density at radius 1 is 0.373 bits per heavy atom. The van der Waals surface area contributed by atoms with Gasteiger partial charge < -0.3 is 31.9 Å². The van der Waals surface area contributed by atoms with Crippen molar-refractivity contribution in [2.24, 2.45) is 0 Å². The van der Waals surface area contributed by atoms with E-state index in [2.05, 4.69) is 80.4 Å². The first-order valence-corrected chi connectivity index (χ1v) is 17.9. The first-order valence-electron chi connectivity index (χ1n) is 17.9. The Morgan fingerprint density at radius 3 is 0.980 bits per heavy atom. The van der Waals surface area contributed by atoms with E-state index in [0.717, 1.165) is 58.3 Å². The van der Waals surface area contributed by atoms with Gasteiger partial charge in [-0.2, -0.15) is 0 Å². The fraction of sp³-hybridized carbons (Fsp3) is 0.366. The van der Waals surface area contributed by atoms with Crippen molar-refractivity contribution < 1.29 is 9.59 Å². The molecule has 4 rings (SSSR count). The number of unbranched alkanes of at least 4 members (excludes halogenated alkanes) is 2. The molecule has 0 unspecified atom stereocenters. The number of urea groups is 2. The van der Waals surface area contributed by atoms with Crippen LogP contribution in [0.2, 0.25) is 0 Å². The molecule has 0 aromatic heterocycles. The molecule has 6 N–H and O–H groups in total. The summed E-state index contributed by atoms with van der Waals surface area (Å²) in [7, 11) is 0. The van der Waals surface area contributed by atoms with Crippen molar-refractivity contribution in [2.45, 2.75) is 43.9 Å². The minimum absolute atomic E-state index is 0. The van der Waals surface area contributed by atoms with Gasteiger partial charge in [0.2, 0.25) is 0 Å². The molecule has 51 heavy (non-hydrogen) atoms. The molecule has 0 aliphatic carbocycles. The van der Waals surface area contributed by atoms with Gasteiger partial charge in [0, 0.05) is 38.0 Å². The zero-order chi connectivity index (χ0) is 34.2. The Labute approximate surface area is 317 Å². The molecule has 4 amide bonds. The van der Waals surface area contributed by atoms with Crippen molar-refractivity contribution in [2.75, 3.05) is 52.4 Å². The van der Waals surface area contributed by atoms with E-state index >= 15 is 0 Å². The fourth-order valence-electron chi connectivity index (χ4n) is 5.87. The van der Waals surface area contributed by atoms with Crippen LogP contribution in [-0.4, -0.2) is 64.4 Å². The van der Waals surface area contributed by atoms with E-state index in [4.69, 9.17) is 0 Å². The lowest BCUT2D eigenvalue weighted by Gasteiger charge is -2.19. The number of halogens is 2. The highest BCUT2D eigenvalue weighted by Crippen LogP contribution is 2.24. The van der Waals surface area contributed by atoms with E-state index in [1.807, 2.05) is 72.8 Å². The van der Waals surface area contributed by atoms with Crippen molar-refractivity contribution in [3.8, 4) is 0 Å². The van der Waals surface area contributed by atoms with Gasteiger partial charge in [-0.15, -0.1) is 24.8 Å². The third-order valence-corrected chi connectivity index (χ3v) is 8.58. The van der Waals surface area contributed by atoms with Gasteiger partial charge in [0.1, 0.15) is 0 Å². The third-order valence-electron chi connectivity index (χ3n) is 8.58. The van der Waals surface area contributed by atoms with Gasteiger partial charge in [-0.1, -0.05) is 128 Å². The number of hydrogen-bond donors (Lipinski definition) is 6. The maximum atomic E-state index is 12.4. The van der Waals surface area contributed by atoms with E-state index in [1.54, 1.807) is 0 Å². The van der Waals surface area contributed by atoms with Crippen molar-refractivity contribution in [1.82, 2.24) is 31.9 Å². The Balaban J connectivity index is 0.00000451. The van der Waals surface area contributed by atoms with Gasteiger partial charge in [-0.05, 0) is 74.1 Å². The van der Waals surface area contributed by atoms with Gasteiger partial charge in [0.15, 0.2) is 0 Å². The van der Waals surface area contributed by atoms with Crippen LogP contribution in [0.15, 0.2) is 121 Å². The zero-order valence-corrected chi connectivity index (χ0v) is 31.2. The molecule has 10 heteroatoms. The van der Waals surface area contributed by atoms with Crippen molar-refractivity contribution >= 4 is 36.9 Å². The predicted molar refractivity (Wildman–Crippen MR) is 216 cm³/mol. The molecule has 0 fully saturated rings. The number of benzene rings is 4. The van der Waals surface area contributed by atoms with Gasteiger partial charge in [0.25, 0.3) is 0 Å². The number of amides is 4. The van der Waals surface area contributed by atoms with Crippen molar-refractivity contribution in [3.63, 3.8) is 0 Å². The second-order valence-corrected chi connectivity index (χ2v) is 12.3. The standard InChI is InChI=1S/C41H54N6O2.2ClH/c48-40(46-32-38(34-18-6-1-7-19-34)35-20-8-2-9-21-35)44-30-16-28-42-26-14-5-15-27-43-29-17-31-45-41(49)47-33-39(36-22-10-3-11-23-36)37-24-12-4-13-25-37;;/h1-4,6-13,18-25,38-39,42-43H,5,14-17,26-33H2,(H2,44,46,48)(H2,45,47,49);2*1H. The third kappa shape index (κ3) is 17.1. The molecule has 0 saturated carbocycles. The Kier molecular flexibility index (Phi) is 22.5. The summed E-state index contributed by atoms with van der Waals surface area (Å²) in [5.41, 5.74) is 4.76. The molecule has 0 heterocycles. The van der Waals surface area contributed by atoms with Crippen LogP contribution in [0.1, 0.15) is 66.2 Å². The predicted octanol–water partition coefficient (Wildman–Crippen LogP) is 7.22. The zero-order valence-electron chi connectivity index (χ0n) is 29.5. The van der Waals surface area contributed by atoms with Crippen LogP contribution in [0.3, 0.4) is 0 Å². The summed E-state index contributed by atoms with van der Waals surface area (Å²) < 4.78 is 0. The van der Waals surface area contributed by atoms with Crippen LogP contribution in [0.4, 0.5) is 9.59 Å². The van der Waals surface area contributed by atoms with Crippen LogP contribution in [-0.2, 0) is 0 Å². The lowest BCUT2D eigenvalue weighted by molar-refractivity contribution is 0.239. The van der Waals surface area contributed by atoms with Crippen LogP contribution >= 0.6 is 24.8 Å². The average molecular weight is 736 g/mol. The van der Waals surface area contributed by atoms with E-state index in [-0.39, 0.29) is 48.7 Å². The molecule has 4 aromatic rings. The summed E-state index contributed by atoms with van der Waals surface area (Å²) in [6, 6.07) is 41.0. The first kappa shape index (κ1) is 43.1. The second kappa shape index (κ2) is 26.7. The smallest absolute Gasteiger partial charge is 0.314 e. The molecular weight excluding hydrogens is 679 g/mol. The van der Waals surface area contributed by atoms with E-state index in [0.29, 0.717) is 26.2 Å². The Hall–Kier alpha value is -4.08. The highest BCUT2D eigenvalue weighted by atomic mass is 35.5. The first-order chi connectivity index (χ1) is 24.2. The lowest BCUT2D eigenvalue weighted by Crippen LogP contribution is -2.39. The molecule has 276 valence electrons. The largest absolute Gasteiger partial charge is 0.338 e. The van der Waals surface area contributed by atoms with E-state index in [1.165, 1.54) is 22.3 Å². The number of rotatable bonds is 22. The molecule has 0 aliphatic rings. The van der Waals surface area contributed by atoms with Crippen LogP contribution in [0.5, 0.6) is 0 Å². The van der Waals surface area contributed by atoms with E-state index in [9.17, 15) is 9.59 Å². The molecule has 8 nitrogen and oxygen atoms in total. The molecule has 0 aliphatic heterocycles. The summed E-state index contributed by atoms with van der Waals surface area (Å²) in [5.74, 6) is 0.232. The molecule has 0 spiro atoms. The van der Waals surface area contributed by atoms with Gasteiger partial charge in [0.05, 0.1) is 0 Å². The summed E-state index contributed by atoms with van der Waals surface area (Å²) in [4.78, 5) is 24.9. The minimum Gasteiger partial charge on any atom is -0.338 e. The number of carbonyl (C=O) groups is 2. The quantitative estimate of drug-likeness (QED) is 0.0480. The lowest BCUT2D eigenvalue weighted by atomic mass is 9.91. The highest BCUT2D eigenvalue weighted by molar-refractivity contribution is 5.85. The molecular formula is C41H56Cl2N6O2. The van der Waals surface area contributed by atoms with Crippen LogP contribution in [0.25, 0.3) is 0 Å². The van der Waals surface area contributed by atoms with Crippen molar-refractivity contribution in [3.05, 3.63) is 144 Å². The van der Waals surface area contributed by atoms with E-state index < -0.39 is 0 Å². The monoisotopic (exact) mass is 734 g/mol. The summed E-state index contributed by atoms with van der Waals surface area (Å²) in [6.45, 7) is 6.11. The molecule has 0 radical (unpaired) electrons. The molecule has 4 aromatic carbocycles. The maximum Gasteiger partial charge on any atom is 0.314 e. The SMILES string of the molecule is Cl.Cl.O=C(NCCCNCCCCCNCCCNC(=O)NCC(c1ccccc1)c1ccccc1)NCC(c1ccccc1)c1ccccc1. The number of carbonyl (C=O) groups excluding carboxylic acids is 2. The molecule has 0 atom stereocenters. The molecule has 0 saturated heterocycles. The van der Waals surface area contributed by atoms with Crippen LogP contribution in [0, 0.1) is 0 Å². The minimum atomic E-state index is -0.126. The number of hydrogen-bond acceptors (Lipinski definition) is 4. The maximum absolute atomic E-state index is 12.4. The van der Waals surface area contributed by atoms with Gasteiger partial charge >= 0.3 is 12.1 Å².